The lowest BCUT2D eigenvalue weighted by molar-refractivity contribution is -0.125. The van der Waals surface area contributed by atoms with Crippen LogP contribution in [0.2, 0.25) is 0 Å². The molecule has 0 bridgehead atoms. The molecule has 1 atom stereocenters. The Morgan fingerprint density at radius 1 is 1.14 bits per heavy atom. The van der Waals surface area contributed by atoms with Crippen LogP contribution in [-0.4, -0.2) is 44.7 Å². The highest BCUT2D eigenvalue weighted by molar-refractivity contribution is 5.79. The van der Waals surface area contributed by atoms with Crippen LogP contribution in [-0.2, 0) is 9.53 Å². The van der Waals surface area contributed by atoms with Gasteiger partial charge in [-0.15, -0.1) is 5.10 Å². The zero-order chi connectivity index (χ0) is 19.7. The molecule has 0 aromatic carbocycles. The van der Waals surface area contributed by atoms with E-state index in [0.29, 0.717) is 19.0 Å². The lowest BCUT2D eigenvalue weighted by Gasteiger charge is -2.30. The van der Waals surface area contributed by atoms with Crippen LogP contribution in [0.4, 0.5) is 0 Å². The molecule has 8 heteroatoms. The van der Waals surface area contributed by atoms with Crippen molar-refractivity contribution >= 4 is 5.91 Å². The van der Waals surface area contributed by atoms with Crippen molar-refractivity contribution in [3.63, 3.8) is 0 Å². The molecular weight excluding hydrogens is 358 g/mol. The van der Waals surface area contributed by atoms with Gasteiger partial charge in [-0.3, -0.25) is 9.59 Å². The number of rotatable bonds is 4. The molecule has 4 rings (SSSR count). The highest BCUT2D eigenvalue weighted by Crippen LogP contribution is 2.27. The smallest absolute Gasteiger partial charge is 0.267 e. The Morgan fingerprint density at radius 3 is 2.57 bits per heavy atom. The van der Waals surface area contributed by atoms with Crippen LogP contribution in [0, 0.1) is 19.8 Å². The molecule has 3 heterocycles. The van der Waals surface area contributed by atoms with E-state index in [2.05, 4.69) is 15.5 Å². The van der Waals surface area contributed by atoms with Crippen molar-refractivity contribution in [2.75, 3.05) is 13.2 Å². The van der Waals surface area contributed by atoms with E-state index in [1.165, 1.54) is 0 Å². The molecular formula is C20H27N5O3. The molecule has 2 aliphatic rings. The van der Waals surface area contributed by atoms with Crippen LogP contribution in [0.25, 0.3) is 5.82 Å². The number of ether oxygens (including phenoxy) is 1. The Morgan fingerprint density at radius 2 is 1.93 bits per heavy atom. The second-order valence-electron chi connectivity index (χ2n) is 7.89. The molecule has 1 aliphatic heterocycles. The molecule has 1 N–H and O–H groups in total. The number of hydrogen-bond acceptors (Lipinski definition) is 5. The van der Waals surface area contributed by atoms with Gasteiger partial charge < -0.3 is 10.1 Å². The maximum absolute atomic E-state index is 12.4. The van der Waals surface area contributed by atoms with Crippen molar-refractivity contribution in [1.29, 1.82) is 0 Å². The largest absolute Gasteiger partial charge is 0.381 e. The lowest BCUT2D eigenvalue weighted by atomic mass is 9.90. The Kier molecular flexibility index (Phi) is 5.30. The first kappa shape index (κ1) is 18.9. The zero-order valence-electron chi connectivity index (χ0n) is 16.4. The number of carbonyl (C=O) groups excluding carboxylic acids is 1. The fourth-order valence-electron chi connectivity index (χ4n) is 4.18. The SMILES string of the molecule is Cc1cc(C)n(-c2ccc(=O)n(C3CCC(NC(=O)C4CCOC4)CC3)n2)n1. The minimum absolute atomic E-state index is 0.0144. The minimum Gasteiger partial charge on any atom is -0.381 e. The quantitative estimate of drug-likeness (QED) is 0.865. The molecule has 1 aliphatic carbocycles. The number of nitrogens with zero attached hydrogens (tertiary/aromatic N) is 4. The average molecular weight is 385 g/mol. The van der Waals surface area contributed by atoms with E-state index < -0.39 is 0 Å². The summed E-state index contributed by atoms with van der Waals surface area (Å²) in [6.45, 7) is 5.11. The van der Waals surface area contributed by atoms with Gasteiger partial charge >= 0.3 is 0 Å². The van der Waals surface area contributed by atoms with E-state index >= 15 is 0 Å². The highest BCUT2D eigenvalue weighted by Gasteiger charge is 2.29. The van der Waals surface area contributed by atoms with Gasteiger partial charge in [0.25, 0.3) is 5.56 Å². The molecule has 2 fully saturated rings. The second kappa shape index (κ2) is 7.87. The molecule has 150 valence electrons. The van der Waals surface area contributed by atoms with Crippen LogP contribution < -0.4 is 10.9 Å². The van der Waals surface area contributed by atoms with E-state index in [9.17, 15) is 9.59 Å². The van der Waals surface area contributed by atoms with Crippen LogP contribution in [0.5, 0.6) is 0 Å². The first-order valence-electron chi connectivity index (χ1n) is 10.0. The fraction of sp³-hybridized carbons (Fsp3) is 0.600. The normalized spacial score (nSPS) is 25.0. The Labute approximate surface area is 163 Å². The molecule has 28 heavy (non-hydrogen) atoms. The van der Waals surface area contributed by atoms with E-state index in [4.69, 9.17) is 4.74 Å². The number of carbonyl (C=O) groups is 1. The monoisotopic (exact) mass is 385 g/mol. The van der Waals surface area contributed by atoms with Crippen molar-refractivity contribution in [2.24, 2.45) is 5.92 Å². The first-order chi connectivity index (χ1) is 13.5. The van der Waals surface area contributed by atoms with Gasteiger partial charge in [0, 0.05) is 24.4 Å². The van der Waals surface area contributed by atoms with Crippen molar-refractivity contribution < 1.29 is 9.53 Å². The fourth-order valence-corrected chi connectivity index (χ4v) is 4.18. The van der Waals surface area contributed by atoms with Gasteiger partial charge in [0.05, 0.1) is 24.3 Å². The molecule has 2 aromatic rings. The number of aryl methyl sites for hydroxylation is 2. The number of hydrogen-bond donors (Lipinski definition) is 1. The lowest BCUT2D eigenvalue weighted by Crippen LogP contribution is -2.42. The van der Waals surface area contributed by atoms with Gasteiger partial charge in [-0.25, -0.2) is 9.36 Å². The van der Waals surface area contributed by atoms with E-state index in [1.54, 1.807) is 21.5 Å². The maximum Gasteiger partial charge on any atom is 0.267 e. The molecule has 1 amide bonds. The van der Waals surface area contributed by atoms with Gasteiger partial charge in [0.15, 0.2) is 5.82 Å². The van der Waals surface area contributed by atoms with Crippen molar-refractivity contribution in [1.82, 2.24) is 24.9 Å². The van der Waals surface area contributed by atoms with Gasteiger partial charge in [-0.1, -0.05) is 0 Å². The van der Waals surface area contributed by atoms with Crippen molar-refractivity contribution in [2.45, 2.75) is 58.0 Å². The molecule has 8 nitrogen and oxygen atoms in total. The summed E-state index contributed by atoms with van der Waals surface area (Å²) >= 11 is 0. The minimum atomic E-state index is -0.0964. The predicted molar refractivity (Wildman–Crippen MR) is 103 cm³/mol. The summed E-state index contributed by atoms with van der Waals surface area (Å²) in [6, 6.07) is 5.48. The first-order valence-corrected chi connectivity index (χ1v) is 10.0. The Hall–Kier alpha value is -2.48. The number of amides is 1. The number of aromatic nitrogens is 4. The van der Waals surface area contributed by atoms with Crippen LogP contribution in [0.15, 0.2) is 23.0 Å². The van der Waals surface area contributed by atoms with E-state index in [1.807, 2.05) is 19.9 Å². The maximum atomic E-state index is 12.4. The molecule has 1 saturated carbocycles. The summed E-state index contributed by atoms with van der Waals surface area (Å²) < 4.78 is 8.66. The molecule has 2 aromatic heterocycles. The van der Waals surface area contributed by atoms with Crippen molar-refractivity contribution in [3.05, 3.63) is 39.9 Å². The number of nitrogens with one attached hydrogen (secondary N) is 1. The zero-order valence-corrected chi connectivity index (χ0v) is 16.4. The second-order valence-corrected chi connectivity index (χ2v) is 7.89. The van der Waals surface area contributed by atoms with Gasteiger partial charge in [-0.05, 0) is 58.1 Å². The highest BCUT2D eigenvalue weighted by atomic mass is 16.5. The van der Waals surface area contributed by atoms with Gasteiger partial charge in [0.1, 0.15) is 0 Å². The Bertz CT molecular complexity index is 905. The van der Waals surface area contributed by atoms with Crippen molar-refractivity contribution in [3.8, 4) is 5.82 Å². The van der Waals surface area contributed by atoms with E-state index in [0.717, 1.165) is 43.5 Å². The molecule has 0 radical (unpaired) electrons. The summed E-state index contributed by atoms with van der Waals surface area (Å²) in [5.41, 5.74) is 1.80. The summed E-state index contributed by atoms with van der Waals surface area (Å²) in [6.07, 6.45) is 4.14. The third kappa shape index (κ3) is 3.87. The van der Waals surface area contributed by atoms with Crippen LogP contribution >= 0.6 is 0 Å². The summed E-state index contributed by atoms with van der Waals surface area (Å²) in [4.78, 5) is 24.7. The third-order valence-electron chi connectivity index (χ3n) is 5.73. The summed E-state index contributed by atoms with van der Waals surface area (Å²) in [5, 5.41) is 12.2. The molecule has 0 spiro atoms. The predicted octanol–water partition coefficient (Wildman–Crippen LogP) is 1.68. The molecule has 1 saturated heterocycles. The van der Waals surface area contributed by atoms with Gasteiger partial charge in [0.2, 0.25) is 5.91 Å². The Balaban J connectivity index is 1.43. The van der Waals surface area contributed by atoms with Gasteiger partial charge in [-0.2, -0.15) is 5.10 Å². The average Bonchev–Trinajstić information content (AvgIpc) is 3.33. The van der Waals surface area contributed by atoms with Crippen LogP contribution in [0.3, 0.4) is 0 Å². The standard InChI is InChI=1S/C20H27N5O3/c1-13-11-14(2)24(22-13)18-7-8-19(26)25(23-18)17-5-3-16(4-6-17)21-20(27)15-9-10-28-12-15/h7-8,11,15-17H,3-6,9-10,12H2,1-2H3,(H,21,27). The molecule has 1 unspecified atom stereocenters. The van der Waals surface area contributed by atoms with Crippen LogP contribution in [0.1, 0.15) is 49.5 Å². The summed E-state index contributed by atoms with van der Waals surface area (Å²) in [7, 11) is 0. The summed E-state index contributed by atoms with van der Waals surface area (Å²) in [5.74, 6) is 0.740. The third-order valence-corrected chi connectivity index (χ3v) is 5.73. The topological polar surface area (TPSA) is 91.0 Å². The van der Waals surface area contributed by atoms with E-state index in [-0.39, 0.29) is 29.5 Å².